The molecular formula is C23H25N3O3S2. The molecule has 1 N–H and O–H groups in total. The summed E-state index contributed by atoms with van der Waals surface area (Å²) in [6.45, 7) is 3.30. The Labute approximate surface area is 187 Å². The molecular weight excluding hydrogens is 430 g/mol. The van der Waals surface area contributed by atoms with Crippen LogP contribution >= 0.6 is 11.3 Å². The zero-order chi connectivity index (χ0) is 21.8. The summed E-state index contributed by atoms with van der Waals surface area (Å²) < 4.78 is 27.1. The van der Waals surface area contributed by atoms with Gasteiger partial charge in [-0.2, -0.15) is 4.31 Å². The average molecular weight is 456 g/mol. The van der Waals surface area contributed by atoms with E-state index in [1.54, 1.807) is 46.0 Å². The molecule has 0 radical (unpaired) electrons. The second kappa shape index (κ2) is 9.30. The number of amides is 1. The van der Waals surface area contributed by atoms with Crippen molar-refractivity contribution >= 4 is 27.3 Å². The molecule has 4 rings (SSSR count). The van der Waals surface area contributed by atoms with Crippen LogP contribution in [0.5, 0.6) is 0 Å². The number of aryl methyl sites for hydroxylation is 1. The van der Waals surface area contributed by atoms with Crippen molar-refractivity contribution in [2.75, 3.05) is 13.1 Å². The quantitative estimate of drug-likeness (QED) is 0.603. The molecule has 1 aliphatic heterocycles. The van der Waals surface area contributed by atoms with Gasteiger partial charge in [0.15, 0.2) is 0 Å². The van der Waals surface area contributed by atoms with Crippen LogP contribution in [0.15, 0.2) is 58.8 Å². The maximum Gasteiger partial charge on any atom is 0.253 e. The lowest BCUT2D eigenvalue weighted by Crippen LogP contribution is -2.35. The smallest absolute Gasteiger partial charge is 0.253 e. The fourth-order valence-electron chi connectivity index (χ4n) is 3.67. The maximum atomic E-state index is 12.7. The minimum Gasteiger partial charge on any atom is -0.348 e. The van der Waals surface area contributed by atoms with E-state index < -0.39 is 10.0 Å². The molecule has 162 valence electrons. The molecule has 6 nitrogen and oxygen atoms in total. The molecule has 1 amide bonds. The minimum atomic E-state index is -3.44. The SMILES string of the molecule is Cc1nc(-c2cccs2)ccc1C(=O)NCc1ccc(S(=O)(=O)N2CCCCC2)cc1. The Morgan fingerprint density at radius 3 is 2.45 bits per heavy atom. The molecule has 1 saturated heterocycles. The number of hydrogen-bond donors (Lipinski definition) is 1. The lowest BCUT2D eigenvalue weighted by Gasteiger charge is -2.25. The van der Waals surface area contributed by atoms with Crippen LogP contribution in [0.3, 0.4) is 0 Å². The van der Waals surface area contributed by atoms with Gasteiger partial charge >= 0.3 is 0 Å². The minimum absolute atomic E-state index is 0.201. The van der Waals surface area contributed by atoms with Gasteiger partial charge in [-0.1, -0.05) is 24.6 Å². The van der Waals surface area contributed by atoms with E-state index in [2.05, 4.69) is 10.3 Å². The maximum absolute atomic E-state index is 12.7. The summed E-state index contributed by atoms with van der Waals surface area (Å²) in [4.78, 5) is 18.5. The number of benzene rings is 1. The molecule has 1 aromatic carbocycles. The highest BCUT2D eigenvalue weighted by atomic mass is 32.2. The van der Waals surface area contributed by atoms with Crippen LogP contribution in [0.4, 0.5) is 0 Å². The van der Waals surface area contributed by atoms with Gasteiger partial charge < -0.3 is 5.32 Å². The second-order valence-electron chi connectivity index (χ2n) is 7.60. The Bertz CT molecular complexity index is 1150. The zero-order valence-corrected chi connectivity index (χ0v) is 19.0. The monoisotopic (exact) mass is 455 g/mol. The largest absolute Gasteiger partial charge is 0.348 e. The van der Waals surface area contributed by atoms with Crippen LogP contribution in [0, 0.1) is 6.92 Å². The van der Waals surface area contributed by atoms with Gasteiger partial charge in [-0.25, -0.2) is 8.42 Å². The van der Waals surface area contributed by atoms with Crippen LogP contribution < -0.4 is 5.32 Å². The van der Waals surface area contributed by atoms with E-state index >= 15 is 0 Å². The second-order valence-corrected chi connectivity index (χ2v) is 10.5. The summed E-state index contributed by atoms with van der Waals surface area (Å²) in [6.07, 6.45) is 2.90. The summed E-state index contributed by atoms with van der Waals surface area (Å²) in [6, 6.07) is 14.4. The standard InChI is InChI=1S/C23H25N3O3S2/c1-17-20(11-12-21(25-17)22-6-5-15-30-22)23(27)24-16-18-7-9-19(10-8-18)31(28,29)26-13-3-2-4-14-26/h5-12,15H,2-4,13-14,16H2,1H3,(H,24,27). The lowest BCUT2D eigenvalue weighted by atomic mass is 10.1. The van der Waals surface area contributed by atoms with Gasteiger partial charge in [-0.15, -0.1) is 11.3 Å². The van der Waals surface area contributed by atoms with Crippen LogP contribution in [0.2, 0.25) is 0 Å². The van der Waals surface area contributed by atoms with E-state index in [0.29, 0.717) is 35.8 Å². The van der Waals surface area contributed by atoms with Crippen molar-refractivity contribution in [2.45, 2.75) is 37.6 Å². The van der Waals surface area contributed by atoms with Crippen LogP contribution in [-0.4, -0.2) is 36.7 Å². The molecule has 0 aliphatic carbocycles. The van der Waals surface area contributed by atoms with Crippen molar-refractivity contribution in [3.8, 4) is 10.6 Å². The van der Waals surface area contributed by atoms with Crippen molar-refractivity contribution < 1.29 is 13.2 Å². The molecule has 2 aromatic heterocycles. The predicted molar refractivity (Wildman–Crippen MR) is 123 cm³/mol. The number of carbonyl (C=O) groups is 1. The van der Waals surface area contributed by atoms with Crippen LogP contribution in [-0.2, 0) is 16.6 Å². The number of piperidine rings is 1. The number of hydrogen-bond acceptors (Lipinski definition) is 5. The Morgan fingerprint density at radius 2 is 1.81 bits per heavy atom. The Hall–Kier alpha value is -2.55. The van der Waals surface area contributed by atoms with E-state index in [1.165, 1.54) is 0 Å². The molecule has 31 heavy (non-hydrogen) atoms. The third-order valence-corrected chi connectivity index (χ3v) is 8.24. The number of pyridine rings is 1. The first-order chi connectivity index (χ1) is 14.9. The van der Waals surface area contributed by atoms with Crippen molar-refractivity contribution in [1.82, 2.24) is 14.6 Å². The van der Waals surface area contributed by atoms with Crippen molar-refractivity contribution in [3.05, 3.63) is 70.7 Å². The number of carbonyl (C=O) groups excluding carboxylic acids is 1. The Kier molecular flexibility index (Phi) is 6.50. The molecule has 0 saturated carbocycles. The number of aromatic nitrogens is 1. The van der Waals surface area contributed by atoms with E-state index in [4.69, 9.17) is 0 Å². The molecule has 0 unspecified atom stereocenters. The first-order valence-corrected chi connectivity index (χ1v) is 12.7. The van der Waals surface area contributed by atoms with Crippen LogP contribution in [0.25, 0.3) is 10.6 Å². The molecule has 3 aromatic rings. The molecule has 0 spiro atoms. The first-order valence-electron chi connectivity index (χ1n) is 10.3. The van der Waals surface area contributed by atoms with Gasteiger partial charge in [-0.3, -0.25) is 9.78 Å². The number of rotatable bonds is 6. The number of thiophene rings is 1. The molecule has 1 aliphatic rings. The average Bonchev–Trinajstić information content (AvgIpc) is 3.33. The molecule has 8 heteroatoms. The van der Waals surface area contributed by atoms with Crippen molar-refractivity contribution in [1.29, 1.82) is 0 Å². The summed E-state index contributed by atoms with van der Waals surface area (Å²) in [5.41, 5.74) is 2.90. The molecule has 0 bridgehead atoms. The first kappa shape index (κ1) is 21.7. The highest BCUT2D eigenvalue weighted by Crippen LogP contribution is 2.24. The van der Waals surface area contributed by atoms with Gasteiger partial charge in [0.1, 0.15) is 0 Å². The van der Waals surface area contributed by atoms with Crippen molar-refractivity contribution in [2.24, 2.45) is 0 Å². The van der Waals surface area contributed by atoms with E-state index in [1.807, 2.05) is 30.5 Å². The third-order valence-electron chi connectivity index (χ3n) is 5.43. The third kappa shape index (κ3) is 4.87. The summed E-state index contributed by atoms with van der Waals surface area (Å²) in [5, 5.41) is 4.89. The van der Waals surface area contributed by atoms with Crippen LogP contribution in [0.1, 0.15) is 40.9 Å². The predicted octanol–water partition coefficient (Wildman–Crippen LogP) is 4.22. The van der Waals surface area contributed by atoms with Gasteiger partial charge in [0.2, 0.25) is 10.0 Å². The zero-order valence-electron chi connectivity index (χ0n) is 17.4. The fraction of sp³-hybridized carbons (Fsp3) is 0.304. The van der Waals surface area contributed by atoms with E-state index in [0.717, 1.165) is 35.4 Å². The normalized spacial score (nSPS) is 15.0. The van der Waals surface area contributed by atoms with Gasteiger partial charge in [0.05, 0.1) is 26.7 Å². The van der Waals surface area contributed by atoms with E-state index in [-0.39, 0.29) is 5.91 Å². The number of sulfonamides is 1. The van der Waals surface area contributed by atoms with E-state index in [9.17, 15) is 13.2 Å². The fourth-order valence-corrected chi connectivity index (χ4v) is 5.89. The van der Waals surface area contributed by atoms with Gasteiger partial charge in [-0.05, 0) is 61.0 Å². The summed E-state index contributed by atoms with van der Waals surface area (Å²) in [5.74, 6) is -0.201. The van der Waals surface area contributed by atoms with Crippen molar-refractivity contribution in [3.63, 3.8) is 0 Å². The summed E-state index contributed by atoms with van der Waals surface area (Å²) in [7, 11) is -3.44. The lowest BCUT2D eigenvalue weighted by molar-refractivity contribution is 0.0950. The Balaban J connectivity index is 1.39. The van der Waals surface area contributed by atoms with Gasteiger partial charge in [0.25, 0.3) is 5.91 Å². The van der Waals surface area contributed by atoms with Gasteiger partial charge in [0, 0.05) is 19.6 Å². The number of nitrogens with zero attached hydrogens (tertiary/aromatic N) is 2. The molecule has 0 atom stereocenters. The topological polar surface area (TPSA) is 79.4 Å². The number of nitrogens with one attached hydrogen (secondary N) is 1. The highest BCUT2D eigenvalue weighted by molar-refractivity contribution is 7.89. The summed E-state index contributed by atoms with van der Waals surface area (Å²) >= 11 is 1.61. The Morgan fingerprint density at radius 1 is 1.06 bits per heavy atom. The molecule has 1 fully saturated rings. The highest BCUT2D eigenvalue weighted by Gasteiger charge is 2.25. The molecule has 3 heterocycles.